The van der Waals surface area contributed by atoms with E-state index in [1.165, 1.54) is 31.1 Å². The Morgan fingerprint density at radius 2 is 2.05 bits per heavy atom. The van der Waals surface area contributed by atoms with Crippen molar-refractivity contribution >= 4 is 5.78 Å². The van der Waals surface area contributed by atoms with E-state index in [9.17, 15) is 14.4 Å². The van der Waals surface area contributed by atoms with Crippen molar-refractivity contribution in [3.05, 3.63) is 44.8 Å². The van der Waals surface area contributed by atoms with Gasteiger partial charge in [-0.15, -0.1) is 0 Å². The summed E-state index contributed by atoms with van der Waals surface area (Å²) in [5, 5.41) is 4.08. The first kappa shape index (κ1) is 14.9. The topological polar surface area (TPSA) is 91.8 Å². The molecular weight excluding hydrogens is 274 g/mol. The summed E-state index contributed by atoms with van der Waals surface area (Å²) in [6.07, 6.45) is 3.60. The molecule has 0 fully saturated rings. The highest BCUT2D eigenvalue weighted by Crippen LogP contribution is 1.99. The zero-order valence-corrected chi connectivity index (χ0v) is 12.2. The van der Waals surface area contributed by atoms with Gasteiger partial charge in [0.25, 0.3) is 5.56 Å². The molecule has 2 aromatic heterocycles. The standard InChI is InChI=1S/C13H17N5O3/c1-4-5-18-11(14-8-15-18)7-17-6-10(9(2)19)12(20)16(3)13(17)21/h6,8H,4-5,7H2,1-3H3. The Bertz CT molecular complexity index is 784. The second-order valence-electron chi connectivity index (χ2n) is 4.77. The Labute approximate surface area is 120 Å². The Balaban J connectivity index is 2.50. The highest BCUT2D eigenvalue weighted by molar-refractivity contribution is 5.93. The number of carbonyl (C=O) groups is 1. The van der Waals surface area contributed by atoms with Crippen LogP contribution in [-0.2, 0) is 20.1 Å². The van der Waals surface area contributed by atoms with Gasteiger partial charge in [0.2, 0.25) is 0 Å². The number of aromatic nitrogens is 5. The molecule has 0 unspecified atom stereocenters. The van der Waals surface area contributed by atoms with E-state index in [2.05, 4.69) is 10.1 Å². The first-order valence-electron chi connectivity index (χ1n) is 6.63. The molecule has 0 saturated heterocycles. The molecule has 0 aliphatic rings. The zero-order valence-electron chi connectivity index (χ0n) is 12.2. The molecular formula is C13H17N5O3. The van der Waals surface area contributed by atoms with Crippen molar-refractivity contribution in [1.29, 1.82) is 0 Å². The third-order valence-electron chi connectivity index (χ3n) is 3.17. The van der Waals surface area contributed by atoms with Crippen molar-refractivity contribution in [3.8, 4) is 0 Å². The number of hydrogen-bond donors (Lipinski definition) is 0. The van der Waals surface area contributed by atoms with E-state index in [1.54, 1.807) is 4.68 Å². The predicted molar refractivity (Wildman–Crippen MR) is 75.4 cm³/mol. The van der Waals surface area contributed by atoms with Crippen molar-refractivity contribution < 1.29 is 4.79 Å². The number of hydrogen-bond acceptors (Lipinski definition) is 5. The van der Waals surface area contributed by atoms with Crippen LogP contribution < -0.4 is 11.2 Å². The van der Waals surface area contributed by atoms with Crippen LogP contribution in [0.4, 0.5) is 0 Å². The van der Waals surface area contributed by atoms with Gasteiger partial charge < -0.3 is 0 Å². The Morgan fingerprint density at radius 3 is 2.67 bits per heavy atom. The summed E-state index contributed by atoms with van der Waals surface area (Å²) in [7, 11) is 1.35. The summed E-state index contributed by atoms with van der Waals surface area (Å²) in [5.74, 6) is 0.228. The number of ketones is 1. The lowest BCUT2D eigenvalue weighted by molar-refractivity contribution is 0.101. The van der Waals surface area contributed by atoms with Crippen LogP contribution >= 0.6 is 0 Å². The quantitative estimate of drug-likeness (QED) is 0.711. The van der Waals surface area contributed by atoms with E-state index in [1.807, 2.05) is 6.92 Å². The van der Waals surface area contributed by atoms with Crippen LogP contribution in [0.15, 0.2) is 22.1 Å². The van der Waals surface area contributed by atoms with Crippen molar-refractivity contribution in [1.82, 2.24) is 23.9 Å². The summed E-state index contributed by atoms with van der Waals surface area (Å²) >= 11 is 0. The van der Waals surface area contributed by atoms with Gasteiger partial charge in [-0.25, -0.2) is 14.5 Å². The maximum absolute atomic E-state index is 12.1. The third kappa shape index (κ3) is 2.83. The van der Waals surface area contributed by atoms with Crippen LogP contribution in [0.25, 0.3) is 0 Å². The normalized spacial score (nSPS) is 10.8. The fraction of sp³-hybridized carbons (Fsp3) is 0.462. The second kappa shape index (κ2) is 5.86. The smallest absolute Gasteiger partial charge is 0.294 e. The largest absolute Gasteiger partial charge is 0.331 e. The molecule has 2 rings (SSSR count). The molecule has 0 bridgehead atoms. The van der Waals surface area contributed by atoms with E-state index in [0.29, 0.717) is 12.4 Å². The minimum absolute atomic E-state index is 0.0151. The predicted octanol–water partition coefficient (Wildman–Crippen LogP) is -0.201. The van der Waals surface area contributed by atoms with Gasteiger partial charge in [0.15, 0.2) is 5.78 Å². The maximum atomic E-state index is 12.1. The van der Waals surface area contributed by atoms with Gasteiger partial charge in [0.05, 0.1) is 12.1 Å². The van der Waals surface area contributed by atoms with Gasteiger partial charge in [-0.1, -0.05) is 6.92 Å². The Hall–Kier alpha value is -2.51. The monoisotopic (exact) mass is 291 g/mol. The van der Waals surface area contributed by atoms with Crippen molar-refractivity contribution in [2.24, 2.45) is 7.05 Å². The average Bonchev–Trinajstić information content (AvgIpc) is 2.87. The highest BCUT2D eigenvalue weighted by Gasteiger charge is 2.14. The molecule has 0 amide bonds. The molecule has 0 aliphatic carbocycles. The molecule has 0 aromatic carbocycles. The van der Waals surface area contributed by atoms with Gasteiger partial charge in [0.1, 0.15) is 12.2 Å². The second-order valence-corrected chi connectivity index (χ2v) is 4.77. The molecule has 0 N–H and O–H groups in total. The molecule has 8 heteroatoms. The molecule has 112 valence electrons. The molecule has 21 heavy (non-hydrogen) atoms. The van der Waals surface area contributed by atoms with Crippen LogP contribution in [0, 0.1) is 0 Å². The zero-order chi connectivity index (χ0) is 15.6. The Kier molecular flexibility index (Phi) is 4.15. The average molecular weight is 291 g/mol. The lowest BCUT2D eigenvalue weighted by Gasteiger charge is -2.10. The lowest BCUT2D eigenvalue weighted by atomic mass is 10.2. The number of aryl methyl sites for hydroxylation is 1. The summed E-state index contributed by atoms with van der Waals surface area (Å²) in [4.78, 5) is 39.6. The summed E-state index contributed by atoms with van der Waals surface area (Å²) in [6, 6.07) is 0. The summed E-state index contributed by atoms with van der Waals surface area (Å²) in [6.45, 7) is 4.16. The fourth-order valence-electron chi connectivity index (χ4n) is 2.04. The van der Waals surface area contributed by atoms with E-state index in [-0.39, 0.29) is 17.9 Å². The third-order valence-corrected chi connectivity index (χ3v) is 3.17. The van der Waals surface area contributed by atoms with E-state index >= 15 is 0 Å². The molecule has 0 radical (unpaired) electrons. The van der Waals surface area contributed by atoms with Crippen LogP contribution in [0.2, 0.25) is 0 Å². The van der Waals surface area contributed by atoms with Gasteiger partial charge >= 0.3 is 5.69 Å². The van der Waals surface area contributed by atoms with Gasteiger partial charge in [-0.05, 0) is 13.3 Å². The van der Waals surface area contributed by atoms with Crippen LogP contribution in [0.5, 0.6) is 0 Å². The minimum Gasteiger partial charge on any atom is -0.294 e. The first-order valence-corrected chi connectivity index (χ1v) is 6.63. The summed E-state index contributed by atoms with van der Waals surface area (Å²) < 4.78 is 3.93. The molecule has 0 aliphatic heterocycles. The maximum Gasteiger partial charge on any atom is 0.331 e. The van der Waals surface area contributed by atoms with E-state index in [0.717, 1.165) is 11.0 Å². The molecule has 2 aromatic rings. The molecule has 0 atom stereocenters. The molecule has 8 nitrogen and oxygen atoms in total. The number of nitrogens with zero attached hydrogens (tertiary/aromatic N) is 5. The van der Waals surface area contributed by atoms with Crippen molar-refractivity contribution in [3.63, 3.8) is 0 Å². The molecule has 2 heterocycles. The first-order chi connectivity index (χ1) is 9.95. The highest BCUT2D eigenvalue weighted by atomic mass is 16.2. The lowest BCUT2D eigenvalue weighted by Crippen LogP contribution is -2.40. The van der Waals surface area contributed by atoms with Gasteiger partial charge in [-0.3, -0.25) is 18.7 Å². The van der Waals surface area contributed by atoms with Gasteiger partial charge in [-0.2, -0.15) is 5.10 Å². The van der Waals surface area contributed by atoms with E-state index < -0.39 is 11.2 Å². The summed E-state index contributed by atoms with van der Waals surface area (Å²) in [5.41, 5.74) is -1.09. The fourth-order valence-corrected chi connectivity index (χ4v) is 2.04. The van der Waals surface area contributed by atoms with Crippen LogP contribution in [-0.4, -0.2) is 29.7 Å². The van der Waals surface area contributed by atoms with Crippen molar-refractivity contribution in [2.75, 3.05) is 0 Å². The van der Waals surface area contributed by atoms with Crippen molar-refractivity contribution in [2.45, 2.75) is 33.4 Å². The number of rotatable bonds is 5. The molecule has 0 spiro atoms. The van der Waals surface area contributed by atoms with E-state index in [4.69, 9.17) is 0 Å². The van der Waals surface area contributed by atoms with Crippen LogP contribution in [0.3, 0.4) is 0 Å². The Morgan fingerprint density at radius 1 is 1.33 bits per heavy atom. The van der Waals surface area contributed by atoms with Gasteiger partial charge in [0, 0.05) is 19.8 Å². The van der Waals surface area contributed by atoms with Crippen LogP contribution in [0.1, 0.15) is 36.5 Å². The number of Topliss-reactive ketones (excluding diaryl/α,β-unsaturated/α-hetero) is 1. The minimum atomic E-state index is -0.584. The number of carbonyl (C=O) groups excluding carboxylic acids is 1. The molecule has 0 saturated carbocycles. The SMILES string of the molecule is CCCn1ncnc1Cn1cc(C(C)=O)c(=O)n(C)c1=O.